The van der Waals surface area contributed by atoms with Crippen LogP contribution in [0.15, 0.2) is 36.5 Å². The molecule has 9 nitrogen and oxygen atoms in total. The molecule has 1 aliphatic rings. The van der Waals surface area contributed by atoms with Gasteiger partial charge in [-0.25, -0.2) is 9.97 Å². The van der Waals surface area contributed by atoms with Gasteiger partial charge in [0.25, 0.3) is 5.91 Å². The minimum Gasteiger partial charge on any atom is -0.508 e. The Morgan fingerprint density at radius 1 is 1.20 bits per heavy atom. The van der Waals surface area contributed by atoms with E-state index in [0.717, 1.165) is 34.6 Å². The molecule has 2 N–H and O–H groups in total. The molecule has 2 aromatic heterocycles. The Kier molecular flexibility index (Phi) is 5.47. The smallest absolute Gasteiger partial charge is 0.273 e. The number of carbonyl (C=O) groups is 2. The Morgan fingerprint density at radius 3 is 2.74 bits per heavy atom. The number of carbonyl (C=O) groups excluding carboxylic acids is 2. The van der Waals surface area contributed by atoms with Crippen molar-refractivity contribution >= 4 is 28.4 Å². The van der Waals surface area contributed by atoms with Crippen LogP contribution in [0.5, 0.6) is 5.75 Å². The van der Waals surface area contributed by atoms with Gasteiger partial charge in [-0.15, -0.1) is 0 Å². The Labute approximate surface area is 202 Å². The van der Waals surface area contributed by atoms with Crippen LogP contribution in [0, 0.1) is 13.8 Å². The number of aromatic hydroxyl groups is 1. The molecule has 0 radical (unpaired) electrons. The second kappa shape index (κ2) is 8.50. The van der Waals surface area contributed by atoms with Crippen molar-refractivity contribution in [1.82, 2.24) is 24.6 Å². The lowest BCUT2D eigenvalue weighted by molar-refractivity contribution is -0.115. The monoisotopic (exact) mass is 470 g/mol. The molecule has 0 atom stereocenters. The highest BCUT2D eigenvalue weighted by Gasteiger charge is 2.24. The van der Waals surface area contributed by atoms with Crippen molar-refractivity contribution in [3.8, 4) is 17.1 Å². The van der Waals surface area contributed by atoms with E-state index in [-0.39, 0.29) is 23.3 Å². The van der Waals surface area contributed by atoms with E-state index in [9.17, 15) is 14.7 Å². The van der Waals surface area contributed by atoms with Crippen molar-refractivity contribution in [3.63, 3.8) is 0 Å². The van der Waals surface area contributed by atoms with Crippen molar-refractivity contribution in [2.75, 3.05) is 12.4 Å². The van der Waals surface area contributed by atoms with E-state index in [1.807, 2.05) is 37.6 Å². The third kappa shape index (κ3) is 3.99. The molecule has 0 unspecified atom stereocenters. The van der Waals surface area contributed by atoms with E-state index < -0.39 is 0 Å². The molecular formula is C26H26N6O3. The summed E-state index contributed by atoms with van der Waals surface area (Å²) in [4.78, 5) is 36.4. The summed E-state index contributed by atoms with van der Waals surface area (Å²) in [6.45, 7) is 7.07. The Morgan fingerprint density at radius 2 is 2.00 bits per heavy atom. The topological polar surface area (TPSA) is 113 Å². The fourth-order valence-electron chi connectivity index (χ4n) is 4.52. The first-order valence-electron chi connectivity index (χ1n) is 11.5. The zero-order valence-corrected chi connectivity index (χ0v) is 20.1. The van der Waals surface area contributed by atoms with Crippen LogP contribution in [-0.2, 0) is 24.3 Å². The molecule has 1 aliphatic heterocycles. The minimum atomic E-state index is -0.293. The summed E-state index contributed by atoms with van der Waals surface area (Å²) in [5.41, 5.74) is 6.07. The first-order chi connectivity index (χ1) is 16.7. The molecule has 178 valence electrons. The second-order valence-corrected chi connectivity index (χ2v) is 8.87. The first kappa shape index (κ1) is 22.5. The lowest BCUT2D eigenvalue weighted by atomic mass is 10.0. The quantitative estimate of drug-likeness (QED) is 0.461. The number of fused-ring (bicyclic) bond motifs is 2. The number of hydrogen-bond donors (Lipinski definition) is 2. The maximum atomic E-state index is 13.6. The number of aromatic nitrogens is 4. The normalized spacial score (nSPS) is 12.6. The molecule has 0 aliphatic carbocycles. The van der Waals surface area contributed by atoms with Gasteiger partial charge in [-0.2, -0.15) is 5.10 Å². The van der Waals surface area contributed by atoms with Crippen LogP contribution in [0.4, 0.5) is 5.69 Å². The van der Waals surface area contributed by atoms with Gasteiger partial charge >= 0.3 is 0 Å². The molecule has 5 rings (SSSR count). The molecule has 0 fully saturated rings. The Hall–Kier alpha value is -4.27. The van der Waals surface area contributed by atoms with Gasteiger partial charge in [0.05, 0.1) is 18.1 Å². The van der Waals surface area contributed by atoms with E-state index >= 15 is 0 Å². The van der Waals surface area contributed by atoms with Crippen LogP contribution in [0.2, 0.25) is 0 Å². The SMILES string of the molecule is CCn1ncc(CN(C)C(=O)c2nc(-c3cc(C)c4c(c3)NC(=O)C4)nc3ccc(O)cc23)c1C. The zero-order chi connectivity index (χ0) is 24.9. The molecule has 0 spiro atoms. The van der Waals surface area contributed by atoms with Gasteiger partial charge in [0.15, 0.2) is 5.82 Å². The van der Waals surface area contributed by atoms with Gasteiger partial charge in [0.2, 0.25) is 5.91 Å². The molecule has 0 saturated heterocycles. The highest BCUT2D eigenvalue weighted by Crippen LogP contribution is 2.33. The average molecular weight is 471 g/mol. The predicted octanol–water partition coefficient (Wildman–Crippen LogP) is 3.60. The van der Waals surface area contributed by atoms with Crippen LogP contribution < -0.4 is 5.32 Å². The lowest BCUT2D eigenvalue weighted by Gasteiger charge is -2.18. The number of rotatable bonds is 5. The summed E-state index contributed by atoms with van der Waals surface area (Å²) < 4.78 is 1.89. The number of phenolic OH excluding ortho intramolecular Hbond substituents is 1. The molecular weight excluding hydrogens is 444 g/mol. The van der Waals surface area contributed by atoms with Crippen molar-refractivity contribution in [3.05, 3.63) is 64.6 Å². The second-order valence-electron chi connectivity index (χ2n) is 8.87. The Bertz CT molecular complexity index is 1510. The van der Waals surface area contributed by atoms with E-state index in [1.54, 1.807) is 24.2 Å². The number of anilines is 1. The van der Waals surface area contributed by atoms with E-state index in [0.29, 0.717) is 35.3 Å². The Balaban J connectivity index is 1.58. The van der Waals surface area contributed by atoms with Crippen LogP contribution in [-0.4, -0.2) is 48.6 Å². The highest BCUT2D eigenvalue weighted by atomic mass is 16.3. The van der Waals surface area contributed by atoms with Crippen LogP contribution in [0.25, 0.3) is 22.3 Å². The van der Waals surface area contributed by atoms with E-state index in [4.69, 9.17) is 0 Å². The molecule has 35 heavy (non-hydrogen) atoms. The molecule has 2 amide bonds. The third-order valence-electron chi connectivity index (χ3n) is 6.48. The van der Waals surface area contributed by atoms with Gasteiger partial charge in [0, 0.05) is 48.0 Å². The zero-order valence-electron chi connectivity index (χ0n) is 20.1. The van der Waals surface area contributed by atoms with E-state index in [1.165, 1.54) is 12.1 Å². The van der Waals surface area contributed by atoms with Crippen molar-refractivity contribution in [1.29, 1.82) is 0 Å². The number of benzene rings is 2. The number of nitrogens with one attached hydrogen (secondary N) is 1. The minimum absolute atomic E-state index is 0.0294. The molecule has 0 saturated carbocycles. The maximum Gasteiger partial charge on any atom is 0.273 e. The molecule has 4 aromatic rings. The maximum absolute atomic E-state index is 13.6. The average Bonchev–Trinajstić information content (AvgIpc) is 3.39. The molecule has 3 heterocycles. The van der Waals surface area contributed by atoms with Crippen LogP contribution in [0.3, 0.4) is 0 Å². The first-order valence-corrected chi connectivity index (χ1v) is 11.5. The van der Waals surface area contributed by atoms with Gasteiger partial charge in [-0.05, 0) is 62.2 Å². The number of phenols is 1. The molecule has 9 heteroatoms. The van der Waals surface area contributed by atoms with Crippen molar-refractivity contribution in [2.45, 2.75) is 40.3 Å². The summed E-state index contributed by atoms with van der Waals surface area (Å²) in [6, 6.07) is 8.49. The molecule has 2 aromatic carbocycles. The van der Waals surface area contributed by atoms with Gasteiger partial charge in [-0.3, -0.25) is 14.3 Å². The van der Waals surface area contributed by atoms with Gasteiger partial charge in [-0.1, -0.05) is 0 Å². The van der Waals surface area contributed by atoms with Gasteiger partial charge in [0.1, 0.15) is 11.4 Å². The predicted molar refractivity (Wildman–Crippen MR) is 132 cm³/mol. The largest absolute Gasteiger partial charge is 0.508 e. The van der Waals surface area contributed by atoms with Crippen molar-refractivity contribution in [2.24, 2.45) is 0 Å². The highest BCUT2D eigenvalue weighted by molar-refractivity contribution is 6.05. The molecule has 0 bridgehead atoms. The number of amides is 2. The summed E-state index contributed by atoms with van der Waals surface area (Å²) in [6.07, 6.45) is 2.13. The summed E-state index contributed by atoms with van der Waals surface area (Å²) in [5, 5.41) is 17.8. The third-order valence-corrected chi connectivity index (χ3v) is 6.48. The number of aryl methyl sites for hydroxylation is 2. The fraction of sp³-hybridized carbons (Fsp3) is 0.269. The number of nitrogens with zero attached hydrogens (tertiary/aromatic N) is 5. The van der Waals surface area contributed by atoms with Crippen molar-refractivity contribution < 1.29 is 14.7 Å². The van der Waals surface area contributed by atoms with Crippen LogP contribution >= 0.6 is 0 Å². The summed E-state index contributed by atoms with van der Waals surface area (Å²) >= 11 is 0. The fourth-order valence-corrected chi connectivity index (χ4v) is 4.52. The lowest BCUT2D eigenvalue weighted by Crippen LogP contribution is -2.27. The summed E-state index contributed by atoms with van der Waals surface area (Å²) in [7, 11) is 1.72. The summed E-state index contributed by atoms with van der Waals surface area (Å²) in [5.74, 6) is 0.0668. The van der Waals surface area contributed by atoms with Gasteiger partial charge < -0.3 is 15.3 Å². The standard InChI is InChI=1S/C26H26N6O3/c1-5-32-15(3)17(12-27-32)13-31(4)26(35)24-20-10-18(33)6-7-21(20)29-25(30-24)16-8-14(2)19-11-23(34)28-22(19)9-16/h6-10,12,33H,5,11,13H2,1-4H3,(H,28,34). The number of hydrogen-bond acceptors (Lipinski definition) is 6. The van der Waals surface area contributed by atoms with Crippen LogP contribution in [0.1, 0.15) is 39.8 Å². The van der Waals surface area contributed by atoms with E-state index in [2.05, 4.69) is 20.4 Å².